The normalized spacial score (nSPS) is 19.9. The first-order valence-corrected chi connectivity index (χ1v) is 9.06. The number of rotatable bonds is 3. The van der Waals surface area contributed by atoms with Gasteiger partial charge in [0.2, 0.25) is 0 Å². The second-order valence-electron chi connectivity index (χ2n) is 6.81. The van der Waals surface area contributed by atoms with Gasteiger partial charge in [0.1, 0.15) is 0 Å². The van der Waals surface area contributed by atoms with Crippen molar-refractivity contribution in [3.8, 4) is 11.1 Å². The molecule has 27 heavy (non-hydrogen) atoms. The smallest absolute Gasteiger partial charge is 0.255 e. The Morgan fingerprint density at radius 3 is 2.48 bits per heavy atom. The Balaban J connectivity index is 0.00000131. The molecular weight excluding hydrogens is 383 g/mol. The number of piperazine rings is 1. The molecular formula is C20H26Cl2N4O. The molecule has 146 valence electrons. The maximum absolute atomic E-state index is 12.9. The van der Waals surface area contributed by atoms with Gasteiger partial charge in [-0.05, 0) is 18.1 Å². The Bertz CT molecular complexity index is 738. The largest absolute Gasteiger partial charge is 0.337 e. The second-order valence-corrected chi connectivity index (χ2v) is 6.81. The average Bonchev–Trinajstić information content (AvgIpc) is 3.19. The van der Waals surface area contributed by atoms with Crippen LogP contribution in [0.2, 0.25) is 0 Å². The number of pyridine rings is 1. The van der Waals surface area contributed by atoms with Gasteiger partial charge in [0.15, 0.2) is 0 Å². The highest BCUT2D eigenvalue weighted by atomic mass is 35.5. The predicted molar refractivity (Wildman–Crippen MR) is 113 cm³/mol. The zero-order chi connectivity index (χ0) is 17.1. The van der Waals surface area contributed by atoms with Gasteiger partial charge in [-0.2, -0.15) is 0 Å². The lowest BCUT2D eigenvalue weighted by Crippen LogP contribution is -2.49. The van der Waals surface area contributed by atoms with Crippen LogP contribution >= 0.6 is 24.8 Å². The SMILES string of the molecule is Cl.Cl.O=C(c1cncc(-c2ccccc2)c1)N1CCC(N2CCNCC2)C1. The molecule has 1 N–H and O–H groups in total. The second kappa shape index (κ2) is 10.0. The first-order valence-electron chi connectivity index (χ1n) is 9.06. The Morgan fingerprint density at radius 1 is 1.00 bits per heavy atom. The first kappa shape index (κ1) is 21.6. The summed E-state index contributed by atoms with van der Waals surface area (Å²) in [6.07, 6.45) is 4.57. The van der Waals surface area contributed by atoms with Crippen molar-refractivity contribution < 1.29 is 4.79 Å². The van der Waals surface area contributed by atoms with E-state index in [2.05, 4.69) is 15.2 Å². The van der Waals surface area contributed by atoms with Crippen molar-refractivity contribution in [1.82, 2.24) is 20.1 Å². The number of halogens is 2. The average molecular weight is 409 g/mol. The molecule has 5 nitrogen and oxygen atoms in total. The summed E-state index contributed by atoms with van der Waals surface area (Å²) in [5.74, 6) is 0.0999. The third-order valence-corrected chi connectivity index (χ3v) is 5.21. The first-order chi connectivity index (χ1) is 12.3. The maximum atomic E-state index is 12.9. The van der Waals surface area contributed by atoms with Crippen molar-refractivity contribution >= 4 is 30.7 Å². The van der Waals surface area contributed by atoms with Crippen LogP contribution in [0, 0.1) is 0 Å². The standard InChI is InChI=1S/C20H24N4O.2ClH/c25-20(24-9-6-19(15-24)23-10-7-21-8-11-23)18-12-17(13-22-14-18)16-4-2-1-3-5-16;;/h1-5,12-14,19,21H,6-11,15H2;2*1H. The molecule has 2 saturated heterocycles. The minimum Gasteiger partial charge on any atom is -0.337 e. The van der Waals surface area contributed by atoms with Crippen LogP contribution in [0.1, 0.15) is 16.8 Å². The number of carbonyl (C=O) groups is 1. The predicted octanol–water partition coefficient (Wildman–Crippen LogP) is 2.71. The van der Waals surface area contributed by atoms with Gasteiger partial charge < -0.3 is 10.2 Å². The Labute approximate surface area is 173 Å². The summed E-state index contributed by atoms with van der Waals surface area (Å²) >= 11 is 0. The number of benzene rings is 1. The van der Waals surface area contributed by atoms with Gasteiger partial charge in [-0.15, -0.1) is 24.8 Å². The van der Waals surface area contributed by atoms with Crippen molar-refractivity contribution in [3.05, 3.63) is 54.4 Å². The number of carbonyl (C=O) groups excluding carboxylic acids is 1. The fraction of sp³-hybridized carbons (Fsp3) is 0.400. The molecule has 3 heterocycles. The van der Waals surface area contributed by atoms with Crippen LogP contribution in [0.4, 0.5) is 0 Å². The summed E-state index contributed by atoms with van der Waals surface area (Å²) < 4.78 is 0. The third kappa shape index (κ3) is 4.99. The van der Waals surface area contributed by atoms with Gasteiger partial charge in [-0.1, -0.05) is 30.3 Å². The molecule has 1 atom stereocenters. The van der Waals surface area contributed by atoms with Crippen LogP contribution in [-0.2, 0) is 0 Å². The Hall–Kier alpha value is -1.66. The lowest BCUT2D eigenvalue weighted by molar-refractivity contribution is 0.0773. The zero-order valence-corrected chi connectivity index (χ0v) is 16.8. The minimum atomic E-state index is 0. The van der Waals surface area contributed by atoms with E-state index in [1.54, 1.807) is 6.20 Å². The summed E-state index contributed by atoms with van der Waals surface area (Å²) in [7, 11) is 0. The molecule has 2 fully saturated rings. The molecule has 0 radical (unpaired) electrons. The highest BCUT2D eigenvalue weighted by Crippen LogP contribution is 2.22. The van der Waals surface area contributed by atoms with Gasteiger partial charge in [0.25, 0.3) is 5.91 Å². The number of nitrogens with zero attached hydrogens (tertiary/aromatic N) is 3. The van der Waals surface area contributed by atoms with Gasteiger partial charge in [-0.25, -0.2) is 0 Å². The fourth-order valence-corrected chi connectivity index (χ4v) is 3.80. The molecule has 2 aliphatic rings. The molecule has 2 aliphatic heterocycles. The van der Waals surface area contributed by atoms with Crippen molar-refractivity contribution in [1.29, 1.82) is 0 Å². The Morgan fingerprint density at radius 2 is 1.74 bits per heavy atom. The van der Waals surface area contributed by atoms with Gasteiger partial charge in [0.05, 0.1) is 5.56 Å². The van der Waals surface area contributed by atoms with E-state index in [0.29, 0.717) is 11.6 Å². The lowest BCUT2D eigenvalue weighted by Gasteiger charge is -2.32. The van der Waals surface area contributed by atoms with E-state index < -0.39 is 0 Å². The van der Waals surface area contributed by atoms with Crippen molar-refractivity contribution in [3.63, 3.8) is 0 Å². The fourth-order valence-electron chi connectivity index (χ4n) is 3.80. The van der Waals surface area contributed by atoms with E-state index in [9.17, 15) is 4.79 Å². The van der Waals surface area contributed by atoms with E-state index in [1.165, 1.54) is 0 Å². The Kier molecular flexibility index (Phi) is 8.05. The quantitative estimate of drug-likeness (QED) is 0.847. The van der Waals surface area contributed by atoms with Crippen molar-refractivity contribution in [2.24, 2.45) is 0 Å². The van der Waals surface area contributed by atoms with E-state index >= 15 is 0 Å². The lowest BCUT2D eigenvalue weighted by atomic mass is 10.1. The topological polar surface area (TPSA) is 48.5 Å². The van der Waals surface area contributed by atoms with Gasteiger partial charge in [-0.3, -0.25) is 14.7 Å². The van der Waals surface area contributed by atoms with Crippen molar-refractivity contribution in [2.45, 2.75) is 12.5 Å². The number of aromatic nitrogens is 1. The van der Waals surface area contributed by atoms with Crippen LogP contribution in [0.3, 0.4) is 0 Å². The van der Waals surface area contributed by atoms with E-state index in [4.69, 9.17) is 0 Å². The molecule has 0 spiro atoms. The van der Waals surface area contributed by atoms with Crippen LogP contribution in [-0.4, -0.2) is 66.0 Å². The van der Waals surface area contributed by atoms with Gasteiger partial charge >= 0.3 is 0 Å². The molecule has 0 aliphatic carbocycles. The molecule has 2 aromatic rings. The monoisotopic (exact) mass is 408 g/mol. The minimum absolute atomic E-state index is 0. The van der Waals surface area contributed by atoms with Crippen LogP contribution in [0.25, 0.3) is 11.1 Å². The van der Waals surface area contributed by atoms with E-state index in [0.717, 1.165) is 56.8 Å². The molecule has 1 amide bonds. The van der Waals surface area contributed by atoms with Gasteiger partial charge in [0, 0.05) is 63.3 Å². The molecule has 1 unspecified atom stereocenters. The highest BCUT2D eigenvalue weighted by Gasteiger charge is 2.31. The van der Waals surface area contributed by atoms with Crippen molar-refractivity contribution in [2.75, 3.05) is 39.3 Å². The summed E-state index contributed by atoms with van der Waals surface area (Å²) in [6.45, 7) is 5.92. The summed E-state index contributed by atoms with van der Waals surface area (Å²) in [4.78, 5) is 21.7. The summed E-state index contributed by atoms with van der Waals surface area (Å²) in [6, 6.07) is 12.5. The molecule has 0 saturated carbocycles. The summed E-state index contributed by atoms with van der Waals surface area (Å²) in [5, 5.41) is 3.39. The maximum Gasteiger partial charge on any atom is 0.255 e. The molecule has 0 bridgehead atoms. The zero-order valence-electron chi connectivity index (χ0n) is 15.2. The van der Waals surface area contributed by atoms with Crippen LogP contribution < -0.4 is 5.32 Å². The van der Waals surface area contributed by atoms with Crippen LogP contribution in [0.5, 0.6) is 0 Å². The number of nitrogens with one attached hydrogen (secondary N) is 1. The highest BCUT2D eigenvalue weighted by molar-refractivity contribution is 5.95. The number of hydrogen-bond donors (Lipinski definition) is 1. The van der Waals surface area contributed by atoms with E-state index in [-0.39, 0.29) is 30.7 Å². The molecule has 4 rings (SSSR count). The molecule has 1 aromatic heterocycles. The van der Waals surface area contributed by atoms with E-state index in [1.807, 2.05) is 47.5 Å². The van der Waals surface area contributed by atoms with Crippen LogP contribution in [0.15, 0.2) is 48.8 Å². The molecule has 1 aromatic carbocycles. The summed E-state index contributed by atoms with van der Waals surface area (Å²) in [5.41, 5.74) is 2.76. The molecule has 7 heteroatoms. The number of likely N-dealkylation sites (tertiary alicyclic amines) is 1. The number of amides is 1. The third-order valence-electron chi connectivity index (χ3n) is 5.21. The number of hydrogen-bond acceptors (Lipinski definition) is 4.